The molecule has 0 aliphatic carbocycles. The fourth-order valence-electron chi connectivity index (χ4n) is 2.14. The van der Waals surface area contributed by atoms with Gasteiger partial charge in [0.05, 0.1) is 22.2 Å². The van der Waals surface area contributed by atoms with E-state index in [1.807, 2.05) is 0 Å². The second-order valence-electron chi connectivity index (χ2n) is 4.47. The van der Waals surface area contributed by atoms with Gasteiger partial charge in [0, 0.05) is 10.8 Å². The van der Waals surface area contributed by atoms with Crippen LogP contribution in [0.3, 0.4) is 0 Å². The molecular weight excluding hydrogens is 331 g/mol. The smallest absolute Gasteiger partial charge is 0.338 e. The lowest BCUT2D eigenvalue weighted by molar-refractivity contribution is 0.0686. The highest BCUT2D eigenvalue weighted by Crippen LogP contribution is 2.29. The van der Waals surface area contributed by atoms with Gasteiger partial charge in [0.15, 0.2) is 0 Å². The summed E-state index contributed by atoms with van der Waals surface area (Å²) >= 11 is 11.7. The zero-order chi connectivity index (χ0) is 16.0. The quantitative estimate of drug-likeness (QED) is 0.548. The molecule has 0 amide bonds. The second-order valence-corrected chi connectivity index (χ2v) is 5.18. The molecule has 22 heavy (non-hydrogen) atoms. The van der Waals surface area contributed by atoms with Crippen LogP contribution in [0.25, 0.3) is 21.8 Å². The predicted molar refractivity (Wildman–Crippen MR) is 81.0 cm³/mol. The second kappa shape index (κ2) is 5.08. The van der Waals surface area contributed by atoms with Gasteiger partial charge in [-0.2, -0.15) is 0 Å². The van der Waals surface area contributed by atoms with Crippen LogP contribution in [-0.2, 0) is 0 Å². The first-order chi connectivity index (χ1) is 10.4. The number of fused-ring (bicyclic) bond motifs is 3. The van der Waals surface area contributed by atoms with Crippen LogP contribution in [0.4, 0.5) is 0 Å². The number of carboxylic acid groups (broad SMARTS) is 2. The van der Waals surface area contributed by atoms with E-state index in [0.29, 0.717) is 21.8 Å². The number of aromatic nitrogens is 2. The maximum Gasteiger partial charge on any atom is 0.338 e. The van der Waals surface area contributed by atoms with Crippen molar-refractivity contribution in [2.75, 3.05) is 0 Å². The molecule has 0 saturated carbocycles. The lowest BCUT2D eigenvalue weighted by Gasteiger charge is -2.07. The molecule has 0 atom stereocenters. The van der Waals surface area contributed by atoms with Crippen LogP contribution >= 0.6 is 23.2 Å². The number of aromatic carboxylic acids is 2. The van der Waals surface area contributed by atoms with E-state index in [4.69, 9.17) is 33.4 Å². The van der Waals surface area contributed by atoms with Gasteiger partial charge in [0.2, 0.25) is 0 Å². The zero-order valence-electron chi connectivity index (χ0n) is 10.7. The van der Waals surface area contributed by atoms with E-state index in [9.17, 15) is 9.59 Å². The van der Waals surface area contributed by atoms with Gasteiger partial charge >= 0.3 is 11.9 Å². The van der Waals surface area contributed by atoms with Crippen molar-refractivity contribution in [2.45, 2.75) is 0 Å². The monoisotopic (exact) mass is 336 g/mol. The summed E-state index contributed by atoms with van der Waals surface area (Å²) in [7, 11) is 0. The number of rotatable bonds is 2. The Bertz CT molecular complexity index is 972. The van der Waals surface area contributed by atoms with E-state index in [0.717, 1.165) is 0 Å². The van der Waals surface area contributed by atoms with E-state index in [1.54, 1.807) is 12.1 Å². The van der Waals surface area contributed by atoms with Gasteiger partial charge < -0.3 is 10.2 Å². The molecular formula is C14H6Cl2N2O4. The highest BCUT2D eigenvalue weighted by Gasteiger charge is 2.16. The van der Waals surface area contributed by atoms with Crippen molar-refractivity contribution < 1.29 is 19.8 Å². The molecule has 0 radical (unpaired) electrons. The normalized spacial score (nSPS) is 11.0. The van der Waals surface area contributed by atoms with Gasteiger partial charge in [-0.05, 0) is 18.2 Å². The summed E-state index contributed by atoms with van der Waals surface area (Å²) in [4.78, 5) is 30.3. The molecule has 8 heteroatoms. The first kappa shape index (κ1) is 14.5. The molecule has 2 N–H and O–H groups in total. The highest BCUT2D eigenvalue weighted by atomic mass is 35.5. The molecule has 0 aliphatic heterocycles. The summed E-state index contributed by atoms with van der Waals surface area (Å²) < 4.78 is 0. The van der Waals surface area contributed by atoms with Gasteiger partial charge in [-0.3, -0.25) is 0 Å². The van der Waals surface area contributed by atoms with Crippen LogP contribution in [-0.4, -0.2) is 32.1 Å². The SMILES string of the molecule is O=C(O)c1cc2c(ccc3cc(C(=O)O)c(Cl)nc32)nc1Cl. The van der Waals surface area contributed by atoms with E-state index in [1.165, 1.54) is 12.1 Å². The summed E-state index contributed by atoms with van der Waals surface area (Å²) in [5.74, 6) is -2.41. The van der Waals surface area contributed by atoms with Crippen molar-refractivity contribution in [2.24, 2.45) is 0 Å². The molecule has 6 nitrogen and oxygen atoms in total. The van der Waals surface area contributed by atoms with Crippen molar-refractivity contribution in [3.63, 3.8) is 0 Å². The van der Waals surface area contributed by atoms with E-state index < -0.39 is 11.9 Å². The maximum absolute atomic E-state index is 11.2. The Labute approximate surface area is 132 Å². The Hall–Kier alpha value is -2.44. The van der Waals surface area contributed by atoms with Crippen LogP contribution < -0.4 is 0 Å². The Kier molecular flexibility index (Phi) is 3.35. The highest BCUT2D eigenvalue weighted by molar-refractivity contribution is 6.34. The molecule has 0 aliphatic rings. The van der Waals surface area contributed by atoms with E-state index in [2.05, 4.69) is 9.97 Å². The number of nitrogens with zero attached hydrogens (tertiary/aromatic N) is 2. The molecule has 0 bridgehead atoms. The van der Waals surface area contributed by atoms with Crippen molar-refractivity contribution in [1.29, 1.82) is 0 Å². The van der Waals surface area contributed by atoms with Crippen molar-refractivity contribution in [3.8, 4) is 0 Å². The minimum Gasteiger partial charge on any atom is -0.478 e. The standard InChI is InChI=1S/C14H6Cl2N2O4/c15-11-8(14(21)22)4-6-9(17-11)2-1-5-3-7(13(19)20)12(16)18-10(5)6/h1-4H,(H,19,20)(H,21,22). The van der Waals surface area contributed by atoms with Gasteiger partial charge in [0.1, 0.15) is 10.3 Å². The van der Waals surface area contributed by atoms with Gasteiger partial charge in [-0.1, -0.05) is 29.3 Å². The third-order valence-electron chi connectivity index (χ3n) is 3.15. The fraction of sp³-hybridized carbons (Fsp3) is 0. The van der Waals surface area contributed by atoms with Crippen LogP contribution in [0, 0.1) is 0 Å². The number of carboxylic acids is 2. The summed E-state index contributed by atoms with van der Waals surface area (Å²) in [6.45, 7) is 0. The van der Waals surface area contributed by atoms with E-state index in [-0.39, 0.29) is 21.4 Å². The van der Waals surface area contributed by atoms with Crippen molar-refractivity contribution in [1.82, 2.24) is 9.97 Å². The number of benzene rings is 1. The third-order valence-corrected chi connectivity index (χ3v) is 3.72. The summed E-state index contributed by atoms with van der Waals surface area (Å²) in [6.07, 6.45) is 0. The largest absolute Gasteiger partial charge is 0.478 e. The minimum absolute atomic E-state index is 0.131. The van der Waals surface area contributed by atoms with Gasteiger partial charge in [-0.25, -0.2) is 19.6 Å². The summed E-state index contributed by atoms with van der Waals surface area (Å²) in [5.41, 5.74) is 0.504. The predicted octanol–water partition coefficient (Wildman–Crippen LogP) is 3.49. The third kappa shape index (κ3) is 2.22. The average molecular weight is 337 g/mol. The molecule has 0 spiro atoms. The first-order valence-corrected chi connectivity index (χ1v) is 6.70. The Morgan fingerprint density at radius 2 is 1.50 bits per heavy atom. The van der Waals surface area contributed by atoms with Crippen LogP contribution in [0.2, 0.25) is 10.3 Å². The Morgan fingerprint density at radius 3 is 2.14 bits per heavy atom. The van der Waals surface area contributed by atoms with Gasteiger partial charge in [0.25, 0.3) is 0 Å². The van der Waals surface area contributed by atoms with Crippen molar-refractivity contribution >= 4 is 56.9 Å². The molecule has 1 aromatic carbocycles. The van der Waals surface area contributed by atoms with Crippen molar-refractivity contribution in [3.05, 3.63) is 45.7 Å². The zero-order valence-corrected chi connectivity index (χ0v) is 12.2. The average Bonchev–Trinajstić information content (AvgIpc) is 2.45. The lowest BCUT2D eigenvalue weighted by Crippen LogP contribution is -2.01. The van der Waals surface area contributed by atoms with Crippen LogP contribution in [0.5, 0.6) is 0 Å². The molecule has 3 rings (SSSR count). The number of pyridine rings is 2. The van der Waals surface area contributed by atoms with Crippen LogP contribution in [0.15, 0.2) is 24.3 Å². The van der Waals surface area contributed by atoms with E-state index >= 15 is 0 Å². The molecule has 3 aromatic rings. The molecule has 0 fully saturated rings. The molecule has 2 aromatic heterocycles. The molecule has 0 unspecified atom stereocenters. The Morgan fingerprint density at radius 1 is 0.909 bits per heavy atom. The number of hydrogen-bond donors (Lipinski definition) is 2. The minimum atomic E-state index is -1.22. The molecule has 110 valence electrons. The van der Waals surface area contributed by atoms with Gasteiger partial charge in [-0.15, -0.1) is 0 Å². The molecule has 2 heterocycles. The molecule has 0 saturated heterocycles. The first-order valence-electron chi connectivity index (χ1n) is 5.94. The number of carbonyl (C=O) groups is 2. The number of halogens is 2. The Balaban J connectivity index is 2.44. The maximum atomic E-state index is 11.2. The van der Waals surface area contributed by atoms with Crippen LogP contribution in [0.1, 0.15) is 20.7 Å². The summed E-state index contributed by atoms with van der Waals surface area (Å²) in [6, 6.07) is 5.95. The summed E-state index contributed by atoms with van der Waals surface area (Å²) in [5, 5.41) is 18.8. The fourth-order valence-corrected chi connectivity index (χ4v) is 2.58. The lowest BCUT2D eigenvalue weighted by atomic mass is 10.1. The topological polar surface area (TPSA) is 100 Å². The number of hydrogen-bond acceptors (Lipinski definition) is 4.